The van der Waals surface area contributed by atoms with Gasteiger partial charge < -0.3 is 15.4 Å². The summed E-state index contributed by atoms with van der Waals surface area (Å²) in [4.78, 5) is 8.13. The molecule has 0 amide bonds. The number of ether oxygens (including phenoxy) is 1. The number of alkyl halides is 3. The van der Waals surface area contributed by atoms with Gasteiger partial charge in [0.2, 0.25) is 0 Å². The van der Waals surface area contributed by atoms with Crippen LogP contribution in [0, 0.1) is 0 Å². The van der Waals surface area contributed by atoms with Gasteiger partial charge in [-0.1, -0.05) is 0 Å². The second-order valence-corrected chi connectivity index (χ2v) is 4.36. The average Bonchev–Trinajstić information content (AvgIpc) is 2.49. The maximum Gasteiger partial charge on any atom is 0.416 e. The van der Waals surface area contributed by atoms with E-state index in [-0.39, 0.29) is 5.88 Å². The van der Waals surface area contributed by atoms with Gasteiger partial charge in [0.15, 0.2) is 5.82 Å². The monoisotopic (exact) mass is 312 g/mol. The van der Waals surface area contributed by atoms with E-state index in [0.29, 0.717) is 24.7 Å². The quantitative estimate of drug-likeness (QED) is 0.803. The van der Waals surface area contributed by atoms with E-state index in [1.807, 2.05) is 0 Å². The Balaban J connectivity index is 2.10. The number of anilines is 2. The van der Waals surface area contributed by atoms with Crippen LogP contribution in [0.15, 0.2) is 36.7 Å². The molecule has 0 aliphatic heterocycles. The van der Waals surface area contributed by atoms with Crippen molar-refractivity contribution in [2.24, 2.45) is 0 Å². The van der Waals surface area contributed by atoms with E-state index in [1.54, 1.807) is 7.05 Å². The van der Waals surface area contributed by atoms with Crippen molar-refractivity contribution in [3.05, 3.63) is 42.2 Å². The minimum Gasteiger partial charge on any atom is -0.474 e. The molecule has 0 bridgehead atoms. The zero-order valence-electron chi connectivity index (χ0n) is 11.8. The number of nitrogens with zero attached hydrogens (tertiary/aromatic N) is 2. The first kappa shape index (κ1) is 16.0. The molecule has 1 aromatic carbocycles. The Morgan fingerprint density at radius 2 is 1.77 bits per heavy atom. The van der Waals surface area contributed by atoms with Crippen molar-refractivity contribution in [1.29, 1.82) is 0 Å². The van der Waals surface area contributed by atoms with Crippen molar-refractivity contribution < 1.29 is 17.9 Å². The number of aromatic nitrogens is 2. The highest BCUT2D eigenvalue weighted by atomic mass is 19.4. The van der Waals surface area contributed by atoms with E-state index in [1.165, 1.54) is 24.5 Å². The van der Waals surface area contributed by atoms with E-state index in [9.17, 15) is 13.2 Å². The molecule has 0 saturated carbocycles. The fourth-order valence-electron chi connectivity index (χ4n) is 1.65. The molecule has 0 unspecified atom stereocenters. The van der Waals surface area contributed by atoms with Gasteiger partial charge in [-0.3, -0.25) is 0 Å². The number of hydrogen-bond acceptors (Lipinski definition) is 5. The maximum atomic E-state index is 12.5. The summed E-state index contributed by atoms with van der Waals surface area (Å²) in [5.74, 6) is 0.635. The van der Waals surface area contributed by atoms with Gasteiger partial charge in [-0.15, -0.1) is 0 Å². The second-order valence-electron chi connectivity index (χ2n) is 4.36. The summed E-state index contributed by atoms with van der Waals surface area (Å²) in [6, 6.07) is 4.66. The summed E-state index contributed by atoms with van der Waals surface area (Å²) >= 11 is 0. The molecule has 2 N–H and O–H groups in total. The first-order valence-corrected chi connectivity index (χ1v) is 6.53. The largest absolute Gasteiger partial charge is 0.474 e. The summed E-state index contributed by atoms with van der Waals surface area (Å²) < 4.78 is 43.0. The number of benzene rings is 1. The maximum absolute atomic E-state index is 12.5. The van der Waals surface area contributed by atoms with Crippen LogP contribution < -0.4 is 15.4 Å². The lowest BCUT2D eigenvalue weighted by Gasteiger charge is -2.12. The van der Waals surface area contributed by atoms with E-state index >= 15 is 0 Å². The number of rotatable bonds is 6. The molecule has 0 radical (unpaired) electrons. The average molecular weight is 312 g/mol. The topological polar surface area (TPSA) is 59.1 Å². The molecule has 0 aliphatic carbocycles. The number of hydrogen-bond donors (Lipinski definition) is 2. The molecular weight excluding hydrogens is 297 g/mol. The summed E-state index contributed by atoms with van der Waals surface area (Å²) in [7, 11) is 1.79. The lowest BCUT2D eigenvalue weighted by molar-refractivity contribution is -0.137. The van der Waals surface area contributed by atoms with E-state index in [4.69, 9.17) is 4.74 Å². The van der Waals surface area contributed by atoms with Crippen LogP contribution in [0.3, 0.4) is 0 Å². The highest BCUT2D eigenvalue weighted by molar-refractivity contribution is 5.60. The van der Waals surface area contributed by atoms with E-state index in [2.05, 4.69) is 20.6 Å². The van der Waals surface area contributed by atoms with Crippen LogP contribution in [-0.4, -0.2) is 30.2 Å². The van der Waals surface area contributed by atoms with Crippen LogP contribution >= 0.6 is 0 Å². The lowest BCUT2D eigenvalue weighted by Crippen LogP contribution is -2.17. The second kappa shape index (κ2) is 7.08. The van der Waals surface area contributed by atoms with Crippen LogP contribution in [0.25, 0.3) is 0 Å². The minimum absolute atomic E-state index is 0.289. The summed E-state index contributed by atoms with van der Waals surface area (Å²) in [5.41, 5.74) is -0.241. The first-order chi connectivity index (χ1) is 10.5. The van der Waals surface area contributed by atoms with Crippen molar-refractivity contribution in [1.82, 2.24) is 15.3 Å². The number of likely N-dealkylation sites (N-methyl/N-ethyl adjacent to an activating group) is 1. The van der Waals surface area contributed by atoms with Crippen molar-refractivity contribution in [2.45, 2.75) is 6.18 Å². The smallest absolute Gasteiger partial charge is 0.416 e. The Bertz CT molecular complexity index is 602. The van der Waals surface area contributed by atoms with Crippen LogP contribution in [0.2, 0.25) is 0 Å². The van der Waals surface area contributed by atoms with Crippen molar-refractivity contribution >= 4 is 11.5 Å². The molecule has 0 saturated heterocycles. The highest BCUT2D eigenvalue weighted by Crippen LogP contribution is 2.30. The van der Waals surface area contributed by atoms with Crippen LogP contribution in [0.1, 0.15) is 5.56 Å². The van der Waals surface area contributed by atoms with Crippen molar-refractivity contribution in [3.8, 4) is 5.88 Å². The van der Waals surface area contributed by atoms with Crippen LogP contribution in [0.4, 0.5) is 24.7 Å². The van der Waals surface area contributed by atoms with E-state index in [0.717, 1.165) is 12.1 Å². The Hall–Kier alpha value is -2.35. The fraction of sp³-hybridized carbons (Fsp3) is 0.286. The Morgan fingerprint density at radius 3 is 2.41 bits per heavy atom. The van der Waals surface area contributed by atoms with Crippen LogP contribution in [-0.2, 0) is 6.18 Å². The molecule has 5 nitrogen and oxygen atoms in total. The third kappa shape index (κ3) is 4.32. The predicted molar refractivity (Wildman–Crippen MR) is 76.2 cm³/mol. The SMILES string of the molecule is CNCCOc1nccnc1Nc1ccc(C(F)(F)F)cc1. The van der Waals surface area contributed by atoms with Gasteiger partial charge in [-0.05, 0) is 31.3 Å². The van der Waals surface area contributed by atoms with Crippen molar-refractivity contribution in [3.63, 3.8) is 0 Å². The third-order valence-electron chi connectivity index (χ3n) is 2.73. The Kier molecular flexibility index (Phi) is 5.16. The molecule has 2 aromatic rings. The zero-order chi connectivity index (χ0) is 16.0. The molecular formula is C14H15F3N4O. The minimum atomic E-state index is -4.35. The fourth-order valence-corrected chi connectivity index (χ4v) is 1.65. The molecule has 0 atom stereocenters. The Morgan fingerprint density at radius 1 is 1.09 bits per heavy atom. The predicted octanol–water partition coefficient (Wildman–Crippen LogP) is 2.84. The molecule has 8 heteroatoms. The summed E-state index contributed by atoms with van der Waals surface area (Å²) in [6.07, 6.45) is -1.41. The lowest BCUT2D eigenvalue weighted by atomic mass is 10.2. The van der Waals surface area contributed by atoms with Crippen molar-refractivity contribution in [2.75, 3.05) is 25.5 Å². The van der Waals surface area contributed by atoms with Gasteiger partial charge in [0, 0.05) is 24.6 Å². The summed E-state index contributed by atoms with van der Waals surface area (Å²) in [6.45, 7) is 1.03. The molecule has 1 heterocycles. The molecule has 0 fully saturated rings. The Labute approximate surface area is 125 Å². The van der Waals surface area contributed by atoms with Gasteiger partial charge in [0.1, 0.15) is 6.61 Å². The number of nitrogens with one attached hydrogen (secondary N) is 2. The van der Waals surface area contributed by atoms with Gasteiger partial charge in [-0.25, -0.2) is 9.97 Å². The normalized spacial score (nSPS) is 11.3. The first-order valence-electron chi connectivity index (χ1n) is 6.53. The van der Waals surface area contributed by atoms with Gasteiger partial charge in [0.05, 0.1) is 5.56 Å². The molecule has 0 aliphatic rings. The number of halogens is 3. The van der Waals surface area contributed by atoms with Crippen LogP contribution in [0.5, 0.6) is 5.88 Å². The highest BCUT2D eigenvalue weighted by Gasteiger charge is 2.29. The van der Waals surface area contributed by atoms with Gasteiger partial charge in [-0.2, -0.15) is 13.2 Å². The molecule has 118 valence electrons. The molecule has 22 heavy (non-hydrogen) atoms. The van der Waals surface area contributed by atoms with Gasteiger partial charge >= 0.3 is 6.18 Å². The molecule has 2 rings (SSSR count). The standard InChI is InChI=1S/C14H15F3N4O/c1-18-8-9-22-13-12(19-6-7-20-13)21-11-4-2-10(3-5-11)14(15,16)17/h2-7,18H,8-9H2,1H3,(H,19,21). The van der Waals surface area contributed by atoms with Gasteiger partial charge in [0.25, 0.3) is 5.88 Å². The van der Waals surface area contributed by atoms with E-state index < -0.39 is 11.7 Å². The summed E-state index contributed by atoms with van der Waals surface area (Å²) in [5, 5.41) is 5.82. The molecule has 1 aromatic heterocycles. The molecule has 0 spiro atoms. The third-order valence-corrected chi connectivity index (χ3v) is 2.73. The zero-order valence-corrected chi connectivity index (χ0v) is 11.8.